The van der Waals surface area contributed by atoms with Crippen LogP contribution in [0.5, 0.6) is 0 Å². The maximum Gasteiger partial charge on any atom is 0.230 e. The molecule has 0 bridgehead atoms. The number of fused-ring (bicyclic) bond motifs is 1. The van der Waals surface area contributed by atoms with Crippen molar-refractivity contribution < 1.29 is 9.59 Å². The van der Waals surface area contributed by atoms with Crippen molar-refractivity contribution in [2.24, 2.45) is 0 Å². The number of amides is 1. The van der Waals surface area contributed by atoms with Crippen molar-refractivity contribution in [3.8, 4) is 0 Å². The van der Waals surface area contributed by atoms with Crippen molar-refractivity contribution in [1.29, 1.82) is 0 Å². The van der Waals surface area contributed by atoms with Gasteiger partial charge in [0, 0.05) is 31.0 Å². The number of rotatable bonds is 3. The van der Waals surface area contributed by atoms with E-state index in [9.17, 15) is 9.59 Å². The first-order valence-corrected chi connectivity index (χ1v) is 10.5. The average molecular weight is 351 g/mol. The van der Waals surface area contributed by atoms with Crippen molar-refractivity contribution in [3.63, 3.8) is 0 Å². The second kappa shape index (κ2) is 6.57. The number of nitrogens with zero attached hydrogens (tertiary/aromatic N) is 2. The molecule has 1 aromatic rings. The van der Waals surface area contributed by atoms with Crippen LogP contribution < -0.4 is 0 Å². The molecule has 23 heavy (non-hydrogen) atoms. The minimum Gasteiger partial charge on any atom is -0.336 e. The van der Waals surface area contributed by atoms with Gasteiger partial charge >= 0.3 is 0 Å². The highest BCUT2D eigenvalue weighted by molar-refractivity contribution is 7.99. The Morgan fingerprint density at radius 1 is 1.26 bits per heavy atom. The van der Waals surface area contributed by atoms with Gasteiger partial charge in [0.25, 0.3) is 0 Å². The molecule has 0 aromatic carbocycles. The summed E-state index contributed by atoms with van der Waals surface area (Å²) < 4.78 is 0. The summed E-state index contributed by atoms with van der Waals surface area (Å²) in [6.07, 6.45) is 2.94. The Morgan fingerprint density at radius 3 is 2.91 bits per heavy atom. The number of thioether (sulfide) groups is 1. The van der Waals surface area contributed by atoms with Crippen LogP contribution in [-0.4, -0.2) is 65.2 Å². The van der Waals surface area contributed by atoms with Crippen LogP contribution in [0.1, 0.15) is 40.4 Å². The van der Waals surface area contributed by atoms with Crippen LogP contribution in [0.4, 0.5) is 0 Å². The fourth-order valence-corrected chi connectivity index (χ4v) is 5.95. The van der Waals surface area contributed by atoms with Crippen LogP contribution in [0, 0.1) is 0 Å². The van der Waals surface area contributed by atoms with Crippen LogP contribution in [0.15, 0.2) is 11.4 Å². The number of ketones is 1. The highest BCUT2D eigenvalue weighted by atomic mass is 32.2. The lowest BCUT2D eigenvalue weighted by Crippen LogP contribution is -2.52. The van der Waals surface area contributed by atoms with E-state index in [2.05, 4.69) is 9.80 Å². The first-order valence-electron chi connectivity index (χ1n) is 8.45. The zero-order chi connectivity index (χ0) is 15.8. The minimum atomic E-state index is -0.229. The molecule has 2 atom stereocenters. The molecule has 0 saturated carbocycles. The normalized spacial score (nSPS) is 28.3. The molecule has 1 aliphatic carbocycles. The Morgan fingerprint density at radius 2 is 2.09 bits per heavy atom. The van der Waals surface area contributed by atoms with Gasteiger partial charge in [-0.3, -0.25) is 9.59 Å². The maximum atomic E-state index is 13.1. The monoisotopic (exact) mass is 350 g/mol. The molecule has 3 heterocycles. The lowest BCUT2D eigenvalue weighted by Gasteiger charge is -2.38. The molecular weight excluding hydrogens is 328 g/mol. The predicted molar refractivity (Wildman–Crippen MR) is 94.5 cm³/mol. The Bertz CT molecular complexity index is 609. The van der Waals surface area contributed by atoms with E-state index in [0.29, 0.717) is 12.5 Å². The van der Waals surface area contributed by atoms with Gasteiger partial charge in [0.1, 0.15) is 0 Å². The van der Waals surface area contributed by atoms with E-state index in [1.54, 1.807) is 0 Å². The summed E-state index contributed by atoms with van der Waals surface area (Å²) in [7, 11) is 0. The third kappa shape index (κ3) is 2.96. The second-order valence-corrected chi connectivity index (χ2v) is 8.72. The zero-order valence-corrected chi connectivity index (χ0v) is 14.8. The smallest absolute Gasteiger partial charge is 0.230 e. The third-order valence-corrected chi connectivity index (χ3v) is 7.25. The van der Waals surface area contributed by atoms with Gasteiger partial charge in [-0.1, -0.05) is 0 Å². The Hall–Kier alpha value is -0.850. The fourth-order valence-electron chi connectivity index (χ4n) is 3.99. The summed E-state index contributed by atoms with van der Waals surface area (Å²) >= 11 is 3.43. The molecule has 2 saturated heterocycles. The maximum absolute atomic E-state index is 13.1. The standard InChI is InChI=1S/C17H22N2O2S2/c20-15-9-14(13-3-7-23-16(13)15)17(21)19-6-8-22-11-12(19)10-18-4-1-2-5-18/h3,7,12,14H,1-2,4-6,8-11H2. The van der Waals surface area contributed by atoms with Crippen molar-refractivity contribution in [2.45, 2.75) is 31.2 Å². The molecule has 124 valence electrons. The summed E-state index contributed by atoms with van der Waals surface area (Å²) in [5.74, 6) is 2.14. The molecule has 2 aliphatic heterocycles. The molecule has 0 spiro atoms. The molecule has 1 amide bonds. The number of hydrogen-bond acceptors (Lipinski definition) is 5. The van der Waals surface area contributed by atoms with Gasteiger partial charge < -0.3 is 9.80 Å². The summed E-state index contributed by atoms with van der Waals surface area (Å²) in [6, 6.07) is 2.28. The van der Waals surface area contributed by atoms with Gasteiger partial charge in [0.15, 0.2) is 5.78 Å². The third-order valence-electron chi connectivity index (χ3n) is 5.19. The minimum absolute atomic E-state index is 0.149. The fraction of sp³-hybridized carbons (Fsp3) is 0.647. The van der Waals surface area contributed by atoms with Crippen LogP contribution in [0.3, 0.4) is 0 Å². The summed E-state index contributed by atoms with van der Waals surface area (Å²) in [5, 5.41) is 1.94. The predicted octanol–water partition coefficient (Wildman–Crippen LogP) is 2.46. The first-order chi connectivity index (χ1) is 11.2. The highest BCUT2D eigenvalue weighted by Gasteiger charge is 2.40. The molecule has 3 aliphatic rings. The van der Waals surface area contributed by atoms with Crippen molar-refractivity contribution in [3.05, 3.63) is 21.9 Å². The average Bonchev–Trinajstić information content (AvgIpc) is 3.27. The van der Waals surface area contributed by atoms with Gasteiger partial charge in [-0.05, 0) is 42.9 Å². The van der Waals surface area contributed by atoms with Gasteiger partial charge in [-0.15, -0.1) is 11.3 Å². The SMILES string of the molecule is O=C1CC(C(=O)N2CCSCC2CN2CCCC2)c2ccsc21. The number of carbonyl (C=O) groups is 2. The summed E-state index contributed by atoms with van der Waals surface area (Å²) in [4.78, 5) is 30.6. The van der Waals surface area contributed by atoms with Gasteiger partial charge in [0.05, 0.1) is 16.8 Å². The quantitative estimate of drug-likeness (QED) is 0.840. The number of likely N-dealkylation sites (tertiary alicyclic amines) is 1. The topological polar surface area (TPSA) is 40.6 Å². The molecule has 2 fully saturated rings. The summed E-state index contributed by atoms with van der Waals surface area (Å²) in [6.45, 7) is 4.15. The van der Waals surface area contributed by atoms with Crippen molar-refractivity contribution in [2.75, 3.05) is 37.7 Å². The van der Waals surface area contributed by atoms with E-state index in [-0.39, 0.29) is 17.6 Å². The van der Waals surface area contributed by atoms with E-state index < -0.39 is 0 Å². The summed E-state index contributed by atoms with van der Waals surface area (Å²) in [5.41, 5.74) is 0.975. The van der Waals surface area contributed by atoms with Gasteiger partial charge in [-0.2, -0.15) is 11.8 Å². The van der Waals surface area contributed by atoms with Crippen LogP contribution in [0.2, 0.25) is 0 Å². The Balaban J connectivity index is 1.50. The highest BCUT2D eigenvalue weighted by Crippen LogP contribution is 2.38. The van der Waals surface area contributed by atoms with E-state index >= 15 is 0 Å². The van der Waals surface area contributed by atoms with E-state index in [4.69, 9.17) is 0 Å². The lowest BCUT2D eigenvalue weighted by atomic mass is 10.0. The lowest BCUT2D eigenvalue weighted by molar-refractivity contribution is -0.134. The molecule has 4 nitrogen and oxygen atoms in total. The zero-order valence-electron chi connectivity index (χ0n) is 13.2. The number of thiophene rings is 1. The van der Waals surface area contributed by atoms with Gasteiger partial charge in [0.2, 0.25) is 5.91 Å². The first kappa shape index (κ1) is 15.7. The molecule has 4 rings (SSSR count). The molecule has 0 N–H and O–H groups in total. The van der Waals surface area contributed by atoms with Gasteiger partial charge in [-0.25, -0.2) is 0 Å². The molecule has 1 aromatic heterocycles. The Labute approximate surface area is 145 Å². The number of hydrogen-bond donors (Lipinski definition) is 0. The Kier molecular flexibility index (Phi) is 4.48. The van der Waals surface area contributed by atoms with Crippen LogP contribution >= 0.6 is 23.1 Å². The van der Waals surface area contributed by atoms with Crippen LogP contribution in [-0.2, 0) is 4.79 Å². The van der Waals surface area contributed by atoms with E-state index in [1.165, 1.54) is 37.3 Å². The van der Waals surface area contributed by atoms with E-state index in [1.807, 2.05) is 23.2 Å². The van der Waals surface area contributed by atoms with Crippen LogP contribution in [0.25, 0.3) is 0 Å². The molecular formula is C17H22N2O2S2. The van der Waals surface area contributed by atoms with Crippen molar-refractivity contribution in [1.82, 2.24) is 9.80 Å². The molecule has 2 unspecified atom stereocenters. The van der Waals surface area contributed by atoms with E-state index in [0.717, 1.165) is 35.0 Å². The number of Topliss-reactive ketones (excluding diaryl/α,β-unsaturated/α-hetero) is 1. The molecule has 6 heteroatoms. The van der Waals surface area contributed by atoms with Crippen molar-refractivity contribution >= 4 is 34.8 Å². The second-order valence-electron chi connectivity index (χ2n) is 6.65. The molecule has 0 radical (unpaired) electrons. The largest absolute Gasteiger partial charge is 0.336 e. The number of carbonyl (C=O) groups excluding carboxylic acids is 2.